The minimum atomic E-state index is -3.70. The van der Waals surface area contributed by atoms with Gasteiger partial charge in [0.05, 0.1) is 4.90 Å². The van der Waals surface area contributed by atoms with E-state index in [1.165, 1.54) is 12.1 Å². The third kappa shape index (κ3) is 2.39. The maximum absolute atomic E-state index is 12.2. The first-order chi connectivity index (χ1) is 8.46. The van der Waals surface area contributed by atoms with Gasteiger partial charge in [0.1, 0.15) is 5.54 Å². The maximum Gasteiger partial charge on any atom is 0.241 e. The standard InChI is InChI=1S/C12H16N2O3S/c13-11(15)12(8-4-5-9-12)14-18(16,17)10-6-2-1-3-7-10/h1-3,6-7,14H,4-5,8-9H2,(H2,13,15). The van der Waals surface area contributed by atoms with Crippen molar-refractivity contribution in [2.75, 3.05) is 0 Å². The monoisotopic (exact) mass is 268 g/mol. The fourth-order valence-electron chi connectivity index (χ4n) is 2.29. The van der Waals surface area contributed by atoms with Crippen molar-refractivity contribution in [2.24, 2.45) is 5.73 Å². The zero-order valence-electron chi connectivity index (χ0n) is 9.93. The molecule has 0 unspecified atom stereocenters. The Labute approximate surface area is 106 Å². The highest BCUT2D eigenvalue weighted by molar-refractivity contribution is 7.89. The van der Waals surface area contributed by atoms with E-state index in [-0.39, 0.29) is 4.90 Å². The van der Waals surface area contributed by atoms with Crippen LogP contribution in [-0.4, -0.2) is 19.9 Å². The first-order valence-electron chi connectivity index (χ1n) is 5.85. The van der Waals surface area contributed by atoms with Crippen molar-refractivity contribution in [3.05, 3.63) is 30.3 Å². The van der Waals surface area contributed by atoms with Gasteiger partial charge in [-0.2, -0.15) is 4.72 Å². The second kappa shape index (κ2) is 4.70. The Kier molecular flexibility index (Phi) is 3.41. The molecule has 0 radical (unpaired) electrons. The van der Waals surface area contributed by atoms with Crippen molar-refractivity contribution in [1.82, 2.24) is 4.72 Å². The molecule has 2 rings (SSSR count). The number of hydrogen-bond acceptors (Lipinski definition) is 3. The van der Waals surface area contributed by atoms with Crippen molar-refractivity contribution in [1.29, 1.82) is 0 Å². The molecule has 18 heavy (non-hydrogen) atoms. The van der Waals surface area contributed by atoms with E-state index >= 15 is 0 Å². The average molecular weight is 268 g/mol. The topological polar surface area (TPSA) is 89.3 Å². The summed E-state index contributed by atoms with van der Waals surface area (Å²) in [5, 5.41) is 0. The number of rotatable bonds is 4. The number of hydrogen-bond donors (Lipinski definition) is 2. The number of primary amides is 1. The summed E-state index contributed by atoms with van der Waals surface area (Å²) in [6.45, 7) is 0. The van der Waals surface area contributed by atoms with Gasteiger partial charge in [-0.25, -0.2) is 8.42 Å². The van der Waals surface area contributed by atoms with Crippen LogP contribution in [0.2, 0.25) is 0 Å². The maximum atomic E-state index is 12.2. The number of carbonyl (C=O) groups is 1. The highest BCUT2D eigenvalue weighted by atomic mass is 32.2. The normalized spacial score (nSPS) is 18.7. The van der Waals surface area contributed by atoms with Crippen LogP contribution in [0.15, 0.2) is 35.2 Å². The van der Waals surface area contributed by atoms with Gasteiger partial charge in [0.2, 0.25) is 15.9 Å². The third-order valence-corrected chi connectivity index (χ3v) is 4.86. The second-order valence-electron chi connectivity index (χ2n) is 4.57. The molecule has 1 amide bonds. The zero-order chi connectivity index (χ0) is 13.2. The molecule has 0 atom stereocenters. The van der Waals surface area contributed by atoms with Crippen LogP contribution in [0.4, 0.5) is 0 Å². The van der Waals surface area contributed by atoms with Gasteiger partial charge in [-0.3, -0.25) is 4.79 Å². The smallest absolute Gasteiger partial charge is 0.241 e. The largest absolute Gasteiger partial charge is 0.368 e. The predicted molar refractivity (Wildman–Crippen MR) is 67.2 cm³/mol. The Bertz CT molecular complexity index is 534. The zero-order valence-corrected chi connectivity index (χ0v) is 10.7. The second-order valence-corrected chi connectivity index (χ2v) is 6.25. The summed E-state index contributed by atoms with van der Waals surface area (Å²) in [6, 6.07) is 8.00. The number of nitrogens with one attached hydrogen (secondary N) is 1. The van der Waals surface area contributed by atoms with Gasteiger partial charge in [0, 0.05) is 0 Å². The molecule has 1 aromatic rings. The van der Waals surface area contributed by atoms with Crippen LogP contribution in [0.3, 0.4) is 0 Å². The average Bonchev–Trinajstić information content (AvgIpc) is 2.79. The number of carbonyl (C=O) groups excluding carboxylic acids is 1. The molecule has 5 nitrogen and oxygen atoms in total. The Morgan fingerprint density at radius 3 is 2.22 bits per heavy atom. The molecule has 0 saturated heterocycles. The summed E-state index contributed by atoms with van der Waals surface area (Å²) in [4.78, 5) is 11.7. The quantitative estimate of drug-likeness (QED) is 0.845. The van der Waals surface area contributed by atoms with Gasteiger partial charge in [-0.1, -0.05) is 31.0 Å². The molecule has 0 spiro atoms. The summed E-state index contributed by atoms with van der Waals surface area (Å²) >= 11 is 0. The van der Waals surface area contributed by atoms with Crippen molar-refractivity contribution in [3.8, 4) is 0 Å². The summed E-state index contributed by atoms with van der Waals surface area (Å²) in [5.74, 6) is -0.598. The van der Waals surface area contributed by atoms with Gasteiger partial charge in [0.25, 0.3) is 0 Å². The van der Waals surface area contributed by atoms with Crippen molar-refractivity contribution in [3.63, 3.8) is 0 Å². The highest BCUT2D eigenvalue weighted by Crippen LogP contribution is 2.31. The van der Waals surface area contributed by atoms with Crippen LogP contribution >= 0.6 is 0 Å². The molecule has 1 saturated carbocycles. The summed E-state index contributed by atoms with van der Waals surface area (Å²) < 4.78 is 26.8. The van der Waals surface area contributed by atoms with E-state index in [0.717, 1.165) is 12.8 Å². The first kappa shape index (κ1) is 13.0. The molecule has 6 heteroatoms. The number of amides is 1. The minimum absolute atomic E-state index is 0.150. The summed E-state index contributed by atoms with van der Waals surface area (Å²) in [6.07, 6.45) is 2.54. The third-order valence-electron chi connectivity index (χ3n) is 3.31. The van der Waals surface area contributed by atoms with Gasteiger partial charge in [-0.15, -0.1) is 0 Å². The van der Waals surface area contributed by atoms with E-state index in [2.05, 4.69) is 4.72 Å². The number of nitrogens with two attached hydrogens (primary N) is 1. The molecular formula is C12H16N2O3S. The lowest BCUT2D eigenvalue weighted by molar-refractivity contribution is -0.123. The molecule has 0 aromatic heterocycles. The lowest BCUT2D eigenvalue weighted by Crippen LogP contribution is -2.55. The van der Waals surface area contributed by atoms with Crippen LogP contribution in [0, 0.1) is 0 Å². The van der Waals surface area contributed by atoms with Gasteiger partial charge in [0.15, 0.2) is 0 Å². The Morgan fingerprint density at radius 2 is 1.72 bits per heavy atom. The lowest BCUT2D eigenvalue weighted by Gasteiger charge is -2.26. The van der Waals surface area contributed by atoms with Crippen LogP contribution < -0.4 is 10.5 Å². The summed E-state index contributed by atoms with van der Waals surface area (Å²) in [5.41, 5.74) is 4.24. The lowest BCUT2D eigenvalue weighted by atomic mass is 9.99. The van der Waals surface area contributed by atoms with Crippen molar-refractivity contribution in [2.45, 2.75) is 36.1 Å². The van der Waals surface area contributed by atoms with Crippen LogP contribution in [-0.2, 0) is 14.8 Å². The molecule has 98 valence electrons. The minimum Gasteiger partial charge on any atom is -0.368 e. The Balaban J connectivity index is 2.30. The molecular weight excluding hydrogens is 252 g/mol. The molecule has 0 aliphatic heterocycles. The summed E-state index contributed by atoms with van der Waals surface area (Å²) in [7, 11) is -3.70. The van der Waals surface area contributed by atoms with Crippen molar-refractivity contribution < 1.29 is 13.2 Å². The Morgan fingerprint density at radius 1 is 1.17 bits per heavy atom. The van der Waals surface area contributed by atoms with Crippen LogP contribution in [0.1, 0.15) is 25.7 Å². The van der Waals surface area contributed by atoms with Gasteiger partial charge in [-0.05, 0) is 25.0 Å². The van der Waals surface area contributed by atoms with E-state index in [9.17, 15) is 13.2 Å². The van der Waals surface area contributed by atoms with Gasteiger partial charge < -0.3 is 5.73 Å². The fourth-order valence-corrected chi connectivity index (χ4v) is 3.75. The first-order valence-corrected chi connectivity index (χ1v) is 7.34. The molecule has 1 fully saturated rings. The fraction of sp³-hybridized carbons (Fsp3) is 0.417. The number of sulfonamides is 1. The van der Waals surface area contributed by atoms with E-state index in [0.29, 0.717) is 12.8 Å². The number of benzene rings is 1. The SMILES string of the molecule is NC(=O)C1(NS(=O)(=O)c2ccccc2)CCCC1. The van der Waals surface area contributed by atoms with E-state index < -0.39 is 21.5 Å². The molecule has 0 bridgehead atoms. The highest BCUT2D eigenvalue weighted by Gasteiger charge is 2.43. The van der Waals surface area contributed by atoms with Crippen molar-refractivity contribution >= 4 is 15.9 Å². The van der Waals surface area contributed by atoms with E-state index in [1.807, 2.05) is 0 Å². The predicted octanol–water partition coefficient (Wildman–Crippen LogP) is 0.763. The van der Waals surface area contributed by atoms with Crippen LogP contribution in [0.5, 0.6) is 0 Å². The molecule has 0 heterocycles. The van der Waals surface area contributed by atoms with Crippen LogP contribution in [0.25, 0.3) is 0 Å². The van der Waals surface area contributed by atoms with E-state index in [4.69, 9.17) is 5.73 Å². The Hall–Kier alpha value is -1.40. The molecule has 1 aliphatic carbocycles. The van der Waals surface area contributed by atoms with Gasteiger partial charge >= 0.3 is 0 Å². The molecule has 1 aliphatic rings. The molecule has 3 N–H and O–H groups in total. The molecule has 1 aromatic carbocycles. The van der Waals surface area contributed by atoms with E-state index in [1.54, 1.807) is 18.2 Å².